The van der Waals surface area contributed by atoms with Crippen LogP contribution in [0.25, 0.3) is 0 Å². The molecule has 0 saturated heterocycles. The number of allylic oxidation sites excluding steroid dienone is 4. The molecule has 2 aromatic carbocycles. The molecule has 8 aliphatic rings. The molecule has 2 aliphatic heterocycles. The van der Waals surface area contributed by atoms with Crippen LogP contribution in [0.2, 0.25) is 0 Å². The van der Waals surface area contributed by atoms with Gasteiger partial charge in [-0.25, -0.2) is 0 Å². The Bertz CT molecular complexity index is 1580. The molecule has 3 saturated carbocycles. The first-order valence-electron chi connectivity index (χ1n) is 15.6. The van der Waals surface area contributed by atoms with E-state index >= 15 is 0 Å². The number of hydrogen-bond donors (Lipinski definition) is 0. The average molecular weight is 559 g/mol. The number of hydrogen-bond acceptors (Lipinski definition) is 6. The quantitative estimate of drug-likeness (QED) is 0.385. The maximum atomic E-state index is 9.91. The highest BCUT2D eigenvalue weighted by Gasteiger charge is 2.67. The van der Waals surface area contributed by atoms with Crippen molar-refractivity contribution in [1.29, 1.82) is 10.5 Å². The van der Waals surface area contributed by atoms with E-state index in [2.05, 4.69) is 60.7 Å². The molecule has 0 aromatic heterocycles. The molecule has 0 amide bonds. The molecule has 10 rings (SSSR count). The lowest BCUT2D eigenvalue weighted by Gasteiger charge is -2.70. The zero-order chi connectivity index (χ0) is 27.9. The van der Waals surface area contributed by atoms with Crippen molar-refractivity contribution >= 4 is 0 Å². The van der Waals surface area contributed by atoms with Crippen molar-refractivity contribution in [3.05, 3.63) is 71.8 Å². The van der Waals surface area contributed by atoms with Crippen molar-refractivity contribution in [3.8, 4) is 35.1 Å². The van der Waals surface area contributed by atoms with Gasteiger partial charge in [-0.15, -0.1) is 0 Å². The molecular formula is C36H34N2O4. The van der Waals surface area contributed by atoms with Crippen LogP contribution in [0, 0.1) is 93.7 Å². The zero-order valence-corrected chi connectivity index (χ0v) is 23.5. The highest BCUT2D eigenvalue weighted by molar-refractivity contribution is 5.46. The standard InChI is InChI=1S/C36H34N2O4/c37-11-9-24-27(13-19-1-7-29-31(15-19)41-17-39-29)23-4-3-21-22-5-6-26(34(21)33(23)24)35-25(10-12-38)28(36(22)35)14-20-2-8-30-32(16-20)42-18-40-30/h1-8,15-16,21-28,33-36H,9-10,13-14,17-18H2/t21-,22+,23-,24-,25-,26-,27+,28-,33-,34-,35-,36-/m0/s1. The molecule has 0 N–H and O–H groups in total. The summed E-state index contributed by atoms with van der Waals surface area (Å²) in [6.07, 6.45) is 13.3. The Balaban J connectivity index is 0.996. The van der Waals surface area contributed by atoms with Gasteiger partial charge in [-0.3, -0.25) is 0 Å². The molecule has 0 radical (unpaired) electrons. The van der Waals surface area contributed by atoms with Gasteiger partial charge in [0.2, 0.25) is 13.6 Å². The van der Waals surface area contributed by atoms with E-state index in [1.807, 2.05) is 12.1 Å². The second-order valence-electron chi connectivity index (χ2n) is 13.6. The predicted molar refractivity (Wildman–Crippen MR) is 153 cm³/mol. The fourth-order valence-electron chi connectivity index (χ4n) is 10.8. The summed E-state index contributed by atoms with van der Waals surface area (Å²) in [6.45, 7) is 0.582. The SMILES string of the molecule is N#CC[C@H]1[C@H](Cc2ccc3c(c2)OCO3)[C@@H]2[C@@H]3C=C[C@@H]([C@@H]4[C@H]3C=C[C@H]3[C@@H](Cc5ccc6c(c5)OCO6)[C@H](CC#N)[C@H]34)[C@H]12. The first-order valence-corrected chi connectivity index (χ1v) is 15.6. The van der Waals surface area contributed by atoms with E-state index in [4.69, 9.17) is 18.9 Å². The minimum atomic E-state index is 0.290. The second kappa shape index (κ2) is 9.30. The largest absolute Gasteiger partial charge is 0.454 e. The molecule has 0 unspecified atom stereocenters. The van der Waals surface area contributed by atoms with Gasteiger partial charge in [0, 0.05) is 12.8 Å². The van der Waals surface area contributed by atoms with Gasteiger partial charge in [0.25, 0.3) is 0 Å². The smallest absolute Gasteiger partial charge is 0.231 e. The van der Waals surface area contributed by atoms with Crippen molar-refractivity contribution < 1.29 is 18.9 Å². The second-order valence-corrected chi connectivity index (χ2v) is 13.6. The minimum Gasteiger partial charge on any atom is -0.454 e. The van der Waals surface area contributed by atoms with Gasteiger partial charge >= 0.3 is 0 Å². The lowest BCUT2D eigenvalue weighted by atomic mass is 9.33. The van der Waals surface area contributed by atoms with Crippen molar-refractivity contribution in [2.75, 3.05) is 13.6 Å². The summed E-state index contributed by atoms with van der Waals surface area (Å²) in [5.74, 6) is 9.54. The first kappa shape index (κ1) is 24.7. The lowest BCUT2D eigenvalue weighted by Crippen LogP contribution is -2.66. The summed E-state index contributed by atoms with van der Waals surface area (Å²) in [6, 6.07) is 17.8. The van der Waals surface area contributed by atoms with Crippen LogP contribution in [0.5, 0.6) is 23.0 Å². The van der Waals surface area contributed by atoms with Crippen LogP contribution in [0.15, 0.2) is 60.7 Å². The van der Waals surface area contributed by atoms with E-state index < -0.39 is 0 Å². The summed E-state index contributed by atoms with van der Waals surface area (Å²) in [5.41, 5.74) is 2.55. The van der Waals surface area contributed by atoms with Crippen molar-refractivity contribution in [2.24, 2.45) is 71.0 Å². The third-order valence-corrected chi connectivity index (χ3v) is 12.2. The van der Waals surface area contributed by atoms with Gasteiger partial charge in [-0.2, -0.15) is 10.5 Å². The van der Waals surface area contributed by atoms with Gasteiger partial charge in [-0.05, 0) is 119 Å². The topological polar surface area (TPSA) is 84.5 Å². The molecule has 6 nitrogen and oxygen atoms in total. The predicted octanol–water partition coefficient (Wildman–Crippen LogP) is 6.33. The molecule has 6 heteroatoms. The summed E-state index contributed by atoms with van der Waals surface area (Å²) >= 11 is 0. The summed E-state index contributed by atoms with van der Waals surface area (Å²) in [4.78, 5) is 0. The molecule has 6 aliphatic carbocycles. The van der Waals surface area contributed by atoms with Crippen LogP contribution in [-0.2, 0) is 12.8 Å². The third kappa shape index (κ3) is 3.42. The highest BCUT2D eigenvalue weighted by atomic mass is 16.7. The number of benzene rings is 2. The van der Waals surface area contributed by atoms with Crippen LogP contribution in [-0.4, -0.2) is 13.6 Å². The number of ether oxygens (including phenoxy) is 4. The Morgan fingerprint density at radius 2 is 1.00 bits per heavy atom. The Morgan fingerprint density at radius 3 is 1.64 bits per heavy atom. The normalized spacial score (nSPS) is 40.1. The molecule has 212 valence electrons. The maximum absolute atomic E-state index is 9.91. The highest BCUT2D eigenvalue weighted by Crippen LogP contribution is 2.71. The minimum absolute atomic E-state index is 0.290. The molecule has 2 aromatic rings. The Kier molecular flexibility index (Phi) is 5.46. The van der Waals surface area contributed by atoms with E-state index in [1.165, 1.54) is 11.1 Å². The Labute approximate surface area is 246 Å². The molecule has 12 atom stereocenters. The monoisotopic (exact) mass is 558 g/mol. The van der Waals surface area contributed by atoms with Crippen LogP contribution < -0.4 is 18.9 Å². The number of nitrogens with zero attached hydrogens (tertiary/aromatic N) is 2. The fourth-order valence-corrected chi connectivity index (χ4v) is 10.8. The van der Waals surface area contributed by atoms with E-state index in [1.54, 1.807) is 0 Å². The Hall–Kier alpha value is -3.90. The van der Waals surface area contributed by atoms with Crippen LogP contribution in [0.3, 0.4) is 0 Å². The molecule has 0 spiro atoms. The summed E-state index contributed by atoms with van der Waals surface area (Å²) in [5, 5.41) is 19.8. The fraction of sp³-hybridized carbons (Fsp3) is 0.500. The van der Waals surface area contributed by atoms with Crippen molar-refractivity contribution in [1.82, 2.24) is 0 Å². The third-order valence-electron chi connectivity index (χ3n) is 12.2. The molecule has 42 heavy (non-hydrogen) atoms. The van der Waals surface area contributed by atoms with Gasteiger partial charge in [0.05, 0.1) is 12.1 Å². The van der Waals surface area contributed by atoms with Gasteiger partial charge < -0.3 is 18.9 Å². The number of fused-ring (bicyclic) bond motifs is 3. The first-order chi connectivity index (χ1) is 20.7. The molecule has 2 bridgehead atoms. The van der Waals surface area contributed by atoms with E-state index in [0.29, 0.717) is 97.4 Å². The van der Waals surface area contributed by atoms with E-state index in [9.17, 15) is 10.5 Å². The van der Waals surface area contributed by atoms with E-state index in [0.717, 1.165) is 35.8 Å². The van der Waals surface area contributed by atoms with Crippen LogP contribution in [0.4, 0.5) is 0 Å². The van der Waals surface area contributed by atoms with Crippen LogP contribution >= 0.6 is 0 Å². The average Bonchev–Trinajstić information content (AvgIpc) is 3.68. The van der Waals surface area contributed by atoms with E-state index in [-0.39, 0.29) is 0 Å². The molecule has 2 heterocycles. The van der Waals surface area contributed by atoms with Gasteiger partial charge in [-0.1, -0.05) is 36.4 Å². The maximum Gasteiger partial charge on any atom is 0.231 e. The van der Waals surface area contributed by atoms with Crippen LogP contribution in [0.1, 0.15) is 24.0 Å². The summed E-state index contributed by atoms with van der Waals surface area (Å²) in [7, 11) is 0. The van der Waals surface area contributed by atoms with Gasteiger partial charge in [0.1, 0.15) is 0 Å². The zero-order valence-electron chi connectivity index (χ0n) is 23.5. The number of nitriles is 2. The summed E-state index contributed by atoms with van der Waals surface area (Å²) < 4.78 is 22.4. The molecular weight excluding hydrogens is 524 g/mol. The van der Waals surface area contributed by atoms with Gasteiger partial charge in [0.15, 0.2) is 23.0 Å². The molecule has 3 fully saturated rings. The number of rotatable bonds is 6. The van der Waals surface area contributed by atoms with Crippen molar-refractivity contribution in [3.63, 3.8) is 0 Å². The Morgan fingerprint density at radius 1 is 0.524 bits per heavy atom. The van der Waals surface area contributed by atoms with Crippen molar-refractivity contribution in [2.45, 2.75) is 25.7 Å². The lowest BCUT2D eigenvalue weighted by molar-refractivity contribution is -0.186.